The molecule has 3 aromatic rings. The fraction of sp³-hybridized carbons (Fsp3) is 0.308. The number of thioether (sulfide) groups is 1. The van der Waals surface area contributed by atoms with Gasteiger partial charge in [0.25, 0.3) is 0 Å². The molecule has 1 atom stereocenters. The average molecular weight is 419 g/mol. The molecule has 0 saturated carbocycles. The Morgan fingerprint density at radius 1 is 0.700 bits per heavy atom. The van der Waals surface area contributed by atoms with Gasteiger partial charge in [0.2, 0.25) is 0 Å². The van der Waals surface area contributed by atoms with Crippen molar-refractivity contribution >= 4 is 11.8 Å². The topological polar surface area (TPSA) is 26.7 Å². The minimum Gasteiger partial charge on any atom is -0.391 e. The number of piperazine rings is 1. The van der Waals surface area contributed by atoms with Gasteiger partial charge in [-0.05, 0) is 23.3 Å². The second-order valence-corrected chi connectivity index (χ2v) is 8.93. The molecule has 1 aliphatic rings. The van der Waals surface area contributed by atoms with Crippen molar-refractivity contribution in [1.82, 2.24) is 9.80 Å². The van der Waals surface area contributed by atoms with Gasteiger partial charge in [-0.3, -0.25) is 9.80 Å². The molecule has 0 bridgehead atoms. The van der Waals surface area contributed by atoms with Crippen LogP contribution in [0.1, 0.15) is 17.2 Å². The number of aliphatic hydroxyl groups is 1. The van der Waals surface area contributed by atoms with Gasteiger partial charge in [0, 0.05) is 43.4 Å². The fourth-order valence-corrected chi connectivity index (χ4v) is 4.99. The quantitative estimate of drug-likeness (QED) is 0.543. The van der Waals surface area contributed by atoms with Crippen molar-refractivity contribution in [3.63, 3.8) is 0 Å². The maximum atomic E-state index is 10.5. The average Bonchev–Trinajstić information content (AvgIpc) is 2.81. The largest absolute Gasteiger partial charge is 0.391 e. The van der Waals surface area contributed by atoms with Crippen LogP contribution < -0.4 is 0 Å². The summed E-state index contributed by atoms with van der Waals surface area (Å²) in [6.07, 6.45) is -0.305. The number of hydrogen-bond donors (Lipinski definition) is 1. The summed E-state index contributed by atoms with van der Waals surface area (Å²) >= 11 is 1.73. The molecule has 3 aromatic carbocycles. The van der Waals surface area contributed by atoms with Crippen molar-refractivity contribution in [3.8, 4) is 0 Å². The zero-order valence-corrected chi connectivity index (χ0v) is 18.1. The fourth-order valence-electron chi connectivity index (χ4n) is 4.15. The van der Waals surface area contributed by atoms with E-state index in [2.05, 4.69) is 82.6 Å². The van der Waals surface area contributed by atoms with Gasteiger partial charge in [0.15, 0.2) is 0 Å². The van der Waals surface area contributed by atoms with Crippen molar-refractivity contribution in [3.05, 3.63) is 102 Å². The van der Waals surface area contributed by atoms with Gasteiger partial charge in [-0.25, -0.2) is 0 Å². The van der Waals surface area contributed by atoms with Crippen molar-refractivity contribution in [2.24, 2.45) is 0 Å². The summed E-state index contributed by atoms with van der Waals surface area (Å²) in [5.41, 5.74) is 2.69. The molecule has 3 nitrogen and oxygen atoms in total. The Kier molecular flexibility index (Phi) is 7.59. The van der Waals surface area contributed by atoms with Crippen LogP contribution in [0.5, 0.6) is 0 Å². The number of benzene rings is 3. The van der Waals surface area contributed by atoms with E-state index >= 15 is 0 Å². The summed E-state index contributed by atoms with van der Waals surface area (Å²) in [4.78, 5) is 6.20. The molecule has 0 aliphatic carbocycles. The zero-order valence-electron chi connectivity index (χ0n) is 17.3. The van der Waals surface area contributed by atoms with Gasteiger partial charge >= 0.3 is 0 Å². The van der Waals surface area contributed by atoms with E-state index in [0.29, 0.717) is 0 Å². The first-order valence-electron chi connectivity index (χ1n) is 10.7. The summed E-state index contributed by atoms with van der Waals surface area (Å²) in [6.45, 7) is 4.74. The molecule has 4 rings (SSSR count). The van der Waals surface area contributed by atoms with Crippen LogP contribution in [-0.2, 0) is 0 Å². The van der Waals surface area contributed by atoms with Gasteiger partial charge in [0.05, 0.1) is 12.1 Å². The summed E-state index contributed by atoms with van der Waals surface area (Å²) in [5.74, 6) is 0.737. The Morgan fingerprint density at radius 3 is 1.73 bits per heavy atom. The van der Waals surface area contributed by atoms with E-state index in [0.717, 1.165) is 38.5 Å². The minimum atomic E-state index is -0.305. The van der Waals surface area contributed by atoms with E-state index < -0.39 is 0 Å². The van der Waals surface area contributed by atoms with E-state index in [-0.39, 0.29) is 12.1 Å². The third-order valence-corrected chi connectivity index (χ3v) is 6.81. The molecule has 1 aliphatic heterocycles. The highest BCUT2D eigenvalue weighted by atomic mass is 32.2. The number of hydrogen-bond acceptors (Lipinski definition) is 4. The molecule has 1 N–H and O–H groups in total. The van der Waals surface area contributed by atoms with Crippen molar-refractivity contribution in [2.45, 2.75) is 17.0 Å². The Bertz CT molecular complexity index is 828. The van der Waals surface area contributed by atoms with Gasteiger partial charge in [-0.2, -0.15) is 0 Å². The Balaban J connectivity index is 1.33. The Morgan fingerprint density at radius 2 is 1.20 bits per heavy atom. The van der Waals surface area contributed by atoms with Gasteiger partial charge in [-0.15, -0.1) is 11.8 Å². The molecule has 0 aromatic heterocycles. The molecule has 1 fully saturated rings. The van der Waals surface area contributed by atoms with E-state index in [1.54, 1.807) is 11.8 Å². The first-order chi connectivity index (χ1) is 14.8. The lowest BCUT2D eigenvalue weighted by Crippen LogP contribution is -2.49. The third-order valence-electron chi connectivity index (χ3n) is 5.66. The lowest BCUT2D eigenvalue weighted by atomic mass is 9.96. The van der Waals surface area contributed by atoms with E-state index in [1.165, 1.54) is 16.0 Å². The van der Waals surface area contributed by atoms with Crippen LogP contribution in [0.3, 0.4) is 0 Å². The van der Waals surface area contributed by atoms with Crippen molar-refractivity contribution in [2.75, 3.05) is 38.5 Å². The van der Waals surface area contributed by atoms with Crippen LogP contribution in [0.4, 0.5) is 0 Å². The molecule has 1 saturated heterocycles. The van der Waals surface area contributed by atoms with Crippen molar-refractivity contribution in [1.29, 1.82) is 0 Å². The number of aliphatic hydroxyl groups excluding tert-OH is 1. The number of rotatable bonds is 8. The lowest BCUT2D eigenvalue weighted by molar-refractivity contribution is 0.0708. The van der Waals surface area contributed by atoms with Crippen LogP contribution in [-0.4, -0.2) is 59.5 Å². The molecule has 0 radical (unpaired) electrons. The second kappa shape index (κ2) is 10.8. The smallest absolute Gasteiger partial charge is 0.0760 e. The summed E-state index contributed by atoms with van der Waals surface area (Å²) < 4.78 is 0. The van der Waals surface area contributed by atoms with Crippen LogP contribution in [0.15, 0.2) is 95.9 Å². The van der Waals surface area contributed by atoms with Crippen LogP contribution in [0.25, 0.3) is 0 Å². The summed E-state index contributed by atoms with van der Waals surface area (Å²) in [6, 6.07) is 32.2. The molecule has 0 unspecified atom stereocenters. The third kappa shape index (κ3) is 5.73. The molecule has 30 heavy (non-hydrogen) atoms. The van der Waals surface area contributed by atoms with Crippen molar-refractivity contribution < 1.29 is 5.11 Å². The highest BCUT2D eigenvalue weighted by molar-refractivity contribution is 7.99. The second-order valence-electron chi connectivity index (χ2n) is 7.84. The van der Waals surface area contributed by atoms with E-state index in [4.69, 9.17) is 0 Å². The predicted octanol–water partition coefficient (Wildman–Crippen LogP) is 4.55. The van der Waals surface area contributed by atoms with E-state index in [9.17, 15) is 5.11 Å². The summed E-state index contributed by atoms with van der Waals surface area (Å²) in [7, 11) is 0. The van der Waals surface area contributed by atoms with Gasteiger partial charge in [0.1, 0.15) is 0 Å². The summed E-state index contributed by atoms with van der Waals surface area (Å²) in [5, 5.41) is 10.5. The Hall–Kier alpha value is -2.11. The van der Waals surface area contributed by atoms with Gasteiger partial charge < -0.3 is 5.11 Å². The maximum Gasteiger partial charge on any atom is 0.0760 e. The molecule has 4 heteroatoms. The Labute approximate surface area is 184 Å². The van der Waals surface area contributed by atoms with Crippen LogP contribution >= 0.6 is 11.8 Å². The van der Waals surface area contributed by atoms with Crippen LogP contribution in [0.2, 0.25) is 0 Å². The standard InChI is InChI=1S/C26H30N2OS/c29-24(21-30-25-14-8-3-9-15-25)20-27-16-18-28(19-17-27)26(22-10-4-1-5-11-22)23-12-6-2-7-13-23/h1-15,24,26,29H,16-21H2/t24-/m0/s1. The zero-order chi connectivity index (χ0) is 20.6. The molecule has 0 spiro atoms. The molecule has 156 valence electrons. The number of β-amino-alcohol motifs (C(OH)–C–C–N with tert-alkyl or cyclic N) is 1. The molecule has 0 amide bonds. The normalized spacial score (nSPS) is 16.6. The highest BCUT2D eigenvalue weighted by Crippen LogP contribution is 2.29. The molecular formula is C26H30N2OS. The van der Waals surface area contributed by atoms with Gasteiger partial charge in [-0.1, -0.05) is 78.9 Å². The maximum absolute atomic E-state index is 10.5. The lowest BCUT2D eigenvalue weighted by Gasteiger charge is -2.40. The van der Waals surface area contributed by atoms with Crippen LogP contribution in [0, 0.1) is 0 Å². The predicted molar refractivity (Wildman–Crippen MR) is 126 cm³/mol. The highest BCUT2D eigenvalue weighted by Gasteiger charge is 2.27. The molecular weight excluding hydrogens is 388 g/mol. The SMILES string of the molecule is O[C@H](CSc1ccccc1)CN1CCN(C(c2ccccc2)c2ccccc2)CC1. The van der Waals surface area contributed by atoms with E-state index in [1.807, 2.05) is 18.2 Å². The molecule has 1 heterocycles. The minimum absolute atomic E-state index is 0.285. The monoisotopic (exact) mass is 418 g/mol. The first-order valence-corrected chi connectivity index (χ1v) is 11.7. The first kappa shape index (κ1) is 21.1. The number of nitrogens with zero attached hydrogens (tertiary/aromatic N) is 2.